The summed E-state index contributed by atoms with van der Waals surface area (Å²) in [6, 6.07) is 5.01. The number of benzene rings is 1. The molecule has 1 amide bonds. The van der Waals surface area contributed by atoms with Crippen LogP contribution in [0, 0.1) is 0 Å². The molecule has 5 heteroatoms. The molecule has 2 aliphatic heterocycles. The van der Waals surface area contributed by atoms with Crippen LogP contribution in [0.5, 0.6) is 0 Å². The van der Waals surface area contributed by atoms with Gasteiger partial charge in [0.15, 0.2) is 0 Å². The van der Waals surface area contributed by atoms with Crippen molar-refractivity contribution in [3.05, 3.63) is 47.5 Å². The summed E-state index contributed by atoms with van der Waals surface area (Å²) >= 11 is 0. The fraction of sp³-hybridized carbons (Fsp3) is 0.400. The van der Waals surface area contributed by atoms with Crippen molar-refractivity contribution in [2.45, 2.75) is 37.5 Å². The molecule has 106 valence electrons. The van der Waals surface area contributed by atoms with Gasteiger partial charge in [0.25, 0.3) is 5.91 Å². The minimum Gasteiger partial charge on any atom is -0.329 e. The summed E-state index contributed by atoms with van der Waals surface area (Å²) in [5, 5.41) is 0. The predicted molar refractivity (Wildman–Crippen MR) is 68.2 cm³/mol. The second kappa shape index (κ2) is 4.65. The summed E-state index contributed by atoms with van der Waals surface area (Å²) in [5.74, 6) is -0.505. The molecule has 2 atom stereocenters. The summed E-state index contributed by atoms with van der Waals surface area (Å²) in [7, 11) is 0. The number of alkyl halides is 3. The molecule has 1 aromatic carbocycles. The van der Waals surface area contributed by atoms with E-state index in [4.69, 9.17) is 0 Å². The van der Waals surface area contributed by atoms with E-state index < -0.39 is 17.6 Å². The Hall–Kier alpha value is -1.78. The highest BCUT2D eigenvalue weighted by molar-refractivity contribution is 5.96. The lowest BCUT2D eigenvalue weighted by Gasteiger charge is -2.32. The van der Waals surface area contributed by atoms with Crippen molar-refractivity contribution >= 4 is 5.91 Å². The van der Waals surface area contributed by atoms with Crippen LogP contribution >= 0.6 is 0 Å². The van der Waals surface area contributed by atoms with Gasteiger partial charge in [-0.1, -0.05) is 24.3 Å². The van der Waals surface area contributed by atoms with Crippen LogP contribution in [0.15, 0.2) is 36.4 Å². The van der Waals surface area contributed by atoms with E-state index in [-0.39, 0.29) is 17.6 Å². The Morgan fingerprint density at radius 1 is 1.20 bits per heavy atom. The van der Waals surface area contributed by atoms with Gasteiger partial charge >= 0.3 is 6.18 Å². The summed E-state index contributed by atoms with van der Waals surface area (Å²) in [6.45, 7) is 0. The minimum atomic E-state index is -4.50. The Kier molecular flexibility index (Phi) is 3.07. The second-order valence-corrected chi connectivity index (χ2v) is 5.22. The zero-order valence-corrected chi connectivity index (χ0v) is 10.7. The molecule has 2 aliphatic rings. The number of carbonyl (C=O) groups excluding carboxylic acids is 1. The molecular formula is C15H14F3NO. The third-order valence-corrected chi connectivity index (χ3v) is 4.01. The maximum Gasteiger partial charge on any atom is 0.417 e. The third kappa shape index (κ3) is 2.11. The van der Waals surface area contributed by atoms with Crippen molar-refractivity contribution in [2.75, 3.05) is 0 Å². The van der Waals surface area contributed by atoms with Crippen LogP contribution in [0.25, 0.3) is 0 Å². The molecule has 0 aliphatic carbocycles. The highest BCUT2D eigenvalue weighted by atomic mass is 19.4. The first-order chi connectivity index (χ1) is 9.48. The molecule has 0 spiro atoms. The lowest BCUT2D eigenvalue weighted by Crippen LogP contribution is -2.42. The van der Waals surface area contributed by atoms with Crippen molar-refractivity contribution in [3.8, 4) is 0 Å². The maximum absolute atomic E-state index is 13.0. The van der Waals surface area contributed by atoms with E-state index in [1.165, 1.54) is 18.2 Å². The highest BCUT2D eigenvalue weighted by Gasteiger charge is 2.41. The van der Waals surface area contributed by atoms with Crippen LogP contribution in [0.3, 0.4) is 0 Å². The SMILES string of the molecule is O=C(c1ccccc1C(F)(F)F)N1[C@H]2CC=C[C@H]1CC2. The van der Waals surface area contributed by atoms with Crippen molar-refractivity contribution < 1.29 is 18.0 Å². The molecule has 0 radical (unpaired) electrons. The third-order valence-electron chi connectivity index (χ3n) is 4.01. The molecule has 2 bridgehead atoms. The van der Waals surface area contributed by atoms with E-state index in [2.05, 4.69) is 0 Å². The van der Waals surface area contributed by atoms with Crippen LogP contribution in [-0.2, 0) is 6.18 Å². The highest BCUT2D eigenvalue weighted by Crippen LogP contribution is 2.36. The van der Waals surface area contributed by atoms with Crippen LogP contribution in [0.4, 0.5) is 13.2 Å². The molecule has 0 N–H and O–H groups in total. The van der Waals surface area contributed by atoms with Crippen molar-refractivity contribution in [1.29, 1.82) is 0 Å². The fourth-order valence-electron chi connectivity index (χ4n) is 3.10. The zero-order valence-electron chi connectivity index (χ0n) is 10.7. The van der Waals surface area contributed by atoms with E-state index in [0.29, 0.717) is 0 Å². The number of hydrogen-bond acceptors (Lipinski definition) is 1. The molecule has 1 aromatic rings. The number of nitrogens with zero attached hydrogens (tertiary/aromatic N) is 1. The summed E-state index contributed by atoms with van der Waals surface area (Å²) in [6.07, 6.45) is 1.87. The number of fused-ring (bicyclic) bond motifs is 2. The Morgan fingerprint density at radius 3 is 2.65 bits per heavy atom. The summed E-state index contributed by atoms with van der Waals surface area (Å²) < 4.78 is 39.0. The van der Waals surface area contributed by atoms with E-state index in [0.717, 1.165) is 25.3 Å². The van der Waals surface area contributed by atoms with Crippen molar-refractivity contribution in [3.63, 3.8) is 0 Å². The van der Waals surface area contributed by atoms with Gasteiger partial charge in [0.1, 0.15) is 0 Å². The predicted octanol–water partition coefficient (Wildman–Crippen LogP) is 3.64. The molecule has 2 nitrogen and oxygen atoms in total. The second-order valence-electron chi connectivity index (χ2n) is 5.22. The zero-order chi connectivity index (χ0) is 14.3. The van der Waals surface area contributed by atoms with Gasteiger partial charge in [0.2, 0.25) is 0 Å². The Morgan fingerprint density at radius 2 is 1.95 bits per heavy atom. The first-order valence-electron chi connectivity index (χ1n) is 6.64. The molecule has 3 rings (SSSR count). The van der Waals surface area contributed by atoms with Crippen LogP contribution in [0.1, 0.15) is 35.2 Å². The fourth-order valence-corrected chi connectivity index (χ4v) is 3.10. The largest absolute Gasteiger partial charge is 0.417 e. The van der Waals surface area contributed by atoms with Gasteiger partial charge in [-0.25, -0.2) is 0 Å². The van der Waals surface area contributed by atoms with Crippen molar-refractivity contribution in [1.82, 2.24) is 4.90 Å². The summed E-state index contributed by atoms with van der Waals surface area (Å²) in [5.41, 5.74) is -1.09. The standard InChI is InChI=1S/C15H14F3NO/c16-15(17,18)13-7-2-1-6-12(13)14(20)19-10-4-3-5-11(19)9-8-10/h1-4,6-7,10-11H,5,8-9H2/t10-,11-/m0/s1. The average Bonchev–Trinajstić information content (AvgIpc) is 2.66. The monoisotopic (exact) mass is 281 g/mol. The number of hydrogen-bond donors (Lipinski definition) is 0. The summed E-state index contributed by atoms with van der Waals surface area (Å²) in [4.78, 5) is 14.1. The van der Waals surface area contributed by atoms with E-state index in [1.54, 1.807) is 4.90 Å². The topological polar surface area (TPSA) is 20.3 Å². The Labute approximate surface area is 114 Å². The quantitative estimate of drug-likeness (QED) is 0.720. The first-order valence-corrected chi connectivity index (χ1v) is 6.64. The maximum atomic E-state index is 13.0. The average molecular weight is 281 g/mol. The van der Waals surface area contributed by atoms with E-state index in [1.807, 2.05) is 12.2 Å². The Balaban J connectivity index is 1.98. The lowest BCUT2D eigenvalue weighted by molar-refractivity contribution is -0.138. The van der Waals surface area contributed by atoms with E-state index >= 15 is 0 Å². The molecule has 1 saturated heterocycles. The van der Waals surface area contributed by atoms with Gasteiger partial charge in [0.05, 0.1) is 17.2 Å². The molecule has 0 aromatic heterocycles. The number of amides is 1. The number of carbonyl (C=O) groups is 1. The molecule has 0 unspecified atom stereocenters. The van der Waals surface area contributed by atoms with Gasteiger partial charge in [-0.3, -0.25) is 4.79 Å². The number of halogens is 3. The Bertz CT molecular complexity index is 564. The van der Waals surface area contributed by atoms with Crippen LogP contribution in [0.2, 0.25) is 0 Å². The molecular weight excluding hydrogens is 267 g/mol. The normalized spacial score (nSPS) is 25.1. The molecule has 20 heavy (non-hydrogen) atoms. The van der Waals surface area contributed by atoms with Crippen LogP contribution in [-0.4, -0.2) is 22.9 Å². The lowest BCUT2D eigenvalue weighted by atomic mass is 10.0. The first kappa shape index (κ1) is 13.2. The molecule has 1 fully saturated rings. The van der Waals surface area contributed by atoms with Gasteiger partial charge in [0, 0.05) is 6.04 Å². The van der Waals surface area contributed by atoms with Crippen molar-refractivity contribution in [2.24, 2.45) is 0 Å². The van der Waals surface area contributed by atoms with E-state index in [9.17, 15) is 18.0 Å². The van der Waals surface area contributed by atoms with Gasteiger partial charge in [-0.05, 0) is 31.4 Å². The number of rotatable bonds is 1. The van der Waals surface area contributed by atoms with Gasteiger partial charge < -0.3 is 4.90 Å². The van der Waals surface area contributed by atoms with Gasteiger partial charge in [-0.15, -0.1) is 0 Å². The van der Waals surface area contributed by atoms with Crippen LogP contribution < -0.4 is 0 Å². The minimum absolute atomic E-state index is 0.0405. The molecule has 0 saturated carbocycles. The van der Waals surface area contributed by atoms with Gasteiger partial charge in [-0.2, -0.15) is 13.2 Å². The molecule has 2 heterocycles. The smallest absolute Gasteiger partial charge is 0.329 e.